The van der Waals surface area contributed by atoms with Gasteiger partial charge in [0.05, 0.1) is 22.9 Å². The number of carbonyl (C=O) groups is 1. The van der Waals surface area contributed by atoms with E-state index in [0.717, 1.165) is 10.1 Å². The largest absolute Gasteiger partial charge is 0.491 e. The number of hydrogen-bond acceptors (Lipinski definition) is 5. The molecular weight excluding hydrogens is 312 g/mol. The lowest BCUT2D eigenvalue weighted by atomic mass is 10.2. The summed E-state index contributed by atoms with van der Waals surface area (Å²) < 4.78 is 6.38. The van der Waals surface area contributed by atoms with Crippen LogP contribution in [0, 0.1) is 0 Å². The van der Waals surface area contributed by atoms with Crippen LogP contribution in [0.15, 0.2) is 48.5 Å². The highest BCUT2D eigenvalue weighted by Crippen LogP contribution is 2.30. The van der Waals surface area contributed by atoms with Crippen molar-refractivity contribution in [1.82, 2.24) is 0 Å². The van der Waals surface area contributed by atoms with Crippen LogP contribution in [0.1, 0.15) is 9.67 Å². The Labute approximate surface area is 137 Å². The maximum absolute atomic E-state index is 12.4. The molecule has 0 saturated carbocycles. The predicted molar refractivity (Wildman–Crippen MR) is 93.2 cm³/mol. The Bertz CT molecular complexity index is 845. The number of anilines is 2. The van der Waals surface area contributed by atoms with Crippen LogP contribution in [-0.2, 0) is 0 Å². The second-order valence-electron chi connectivity index (χ2n) is 4.92. The molecule has 118 valence electrons. The summed E-state index contributed by atoms with van der Waals surface area (Å²) in [6.45, 7) is 0.212. The van der Waals surface area contributed by atoms with Crippen LogP contribution in [-0.4, -0.2) is 24.2 Å². The summed E-state index contributed by atoms with van der Waals surface area (Å²) >= 11 is 1.41. The van der Waals surface area contributed by atoms with Crippen molar-refractivity contribution < 1.29 is 14.6 Å². The molecule has 4 N–H and O–H groups in total. The van der Waals surface area contributed by atoms with Crippen LogP contribution < -0.4 is 15.8 Å². The van der Waals surface area contributed by atoms with E-state index >= 15 is 0 Å². The number of thiophene rings is 1. The standard InChI is InChI=1S/C17H16N2O3S/c18-13-3-1-2-4-14(13)19-17(21)16-10-11-9-12(22-8-7-20)5-6-15(11)23-16/h1-6,9-10,20H,7-8,18H2,(H,19,21). The van der Waals surface area contributed by atoms with Crippen LogP contribution >= 0.6 is 11.3 Å². The number of ether oxygens (including phenoxy) is 1. The predicted octanol–water partition coefficient (Wildman–Crippen LogP) is 3.11. The van der Waals surface area contributed by atoms with Gasteiger partial charge in [-0.2, -0.15) is 0 Å². The van der Waals surface area contributed by atoms with E-state index in [1.807, 2.05) is 36.4 Å². The molecule has 5 nitrogen and oxygen atoms in total. The molecule has 0 unspecified atom stereocenters. The molecular formula is C17H16N2O3S. The van der Waals surface area contributed by atoms with Crippen molar-refractivity contribution >= 4 is 38.7 Å². The van der Waals surface area contributed by atoms with Gasteiger partial charge in [-0.05, 0) is 41.8 Å². The maximum atomic E-state index is 12.4. The first kappa shape index (κ1) is 15.3. The number of hydrogen-bond donors (Lipinski definition) is 3. The number of nitrogens with one attached hydrogen (secondary N) is 1. The van der Waals surface area contributed by atoms with Crippen LogP contribution in [0.5, 0.6) is 5.75 Å². The van der Waals surface area contributed by atoms with E-state index in [1.165, 1.54) is 11.3 Å². The number of nitrogens with two attached hydrogens (primary N) is 1. The quantitative estimate of drug-likeness (QED) is 0.628. The number of rotatable bonds is 5. The lowest BCUT2D eigenvalue weighted by Gasteiger charge is -2.05. The number of nitrogen functional groups attached to an aromatic ring is 1. The molecule has 6 heteroatoms. The first-order valence-corrected chi connectivity index (χ1v) is 7.92. The van der Waals surface area contributed by atoms with Gasteiger partial charge in [-0.1, -0.05) is 12.1 Å². The topological polar surface area (TPSA) is 84.6 Å². The minimum Gasteiger partial charge on any atom is -0.491 e. The molecule has 0 aliphatic rings. The van der Waals surface area contributed by atoms with Crippen molar-refractivity contribution in [3.63, 3.8) is 0 Å². The highest BCUT2D eigenvalue weighted by Gasteiger charge is 2.12. The maximum Gasteiger partial charge on any atom is 0.265 e. The van der Waals surface area contributed by atoms with Gasteiger partial charge < -0.3 is 20.9 Å². The highest BCUT2D eigenvalue weighted by atomic mass is 32.1. The van der Waals surface area contributed by atoms with Gasteiger partial charge in [0.2, 0.25) is 0 Å². The zero-order valence-electron chi connectivity index (χ0n) is 12.3. The molecule has 1 heterocycles. The average Bonchev–Trinajstić information content (AvgIpc) is 2.98. The fraction of sp³-hybridized carbons (Fsp3) is 0.118. The lowest BCUT2D eigenvalue weighted by Crippen LogP contribution is -2.11. The monoisotopic (exact) mass is 328 g/mol. The van der Waals surface area contributed by atoms with E-state index in [0.29, 0.717) is 22.0 Å². The number of aliphatic hydroxyl groups is 1. The molecule has 0 bridgehead atoms. The Morgan fingerprint density at radius 2 is 2.04 bits per heavy atom. The van der Waals surface area contributed by atoms with Crippen molar-refractivity contribution in [3.8, 4) is 5.75 Å². The smallest absolute Gasteiger partial charge is 0.265 e. The molecule has 0 radical (unpaired) electrons. The minimum absolute atomic E-state index is 0.0339. The van der Waals surface area contributed by atoms with Crippen LogP contribution in [0.3, 0.4) is 0 Å². The SMILES string of the molecule is Nc1ccccc1NC(=O)c1cc2cc(OCCO)ccc2s1. The van der Waals surface area contributed by atoms with Crippen LogP contribution in [0.4, 0.5) is 11.4 Å². The molecule has 0 fully saturated rings. The summed E-state index contributed by atoms with van der Waals surface area (Å²) in [6.07, 6.45) is 0. The minimum atomic E-state index is -0.193. The van der Waals surface area contributed by atoms with Gasteiger partial charge in [0.1, 0.15) is 12.4 Å². The lowest BCUT2D eigenvalue weighted by molar-refractivity contribution is 0.103. The zero-order chi connectivity index (χ0) is 16.2. The van der Waals surface area contributed by atoms with E-state index in [4.69, 9.17) is 15.6 Å². The first-order valence-electron chi connectivity index (χ1n) is 7.10. The fourth-order valence-corrected chi connectivity index (χ4v) is 3.12. The third kappa shape index (κ3) is 3.44. The third-order valence-corrected chi connectivity index (χ3v) is 4.40. The molecule has 0 saturated heterocycles. The molecule has 0 spiro atoms. The van der Waals surface area contributed by atoms with Crippen molar-refractivity contribution in [3.05, 3.63) is 53.4 Å². The summed E-state index contributed by atoms with van der Waals surface area (Å²) in [5.41, 5.74) is 6.97. The Balaban J connectivity index is 1.82. The normalized spacial score (nSPS) is 10.7. The molecule has 0 aliphatic heterocycles. The van der Waals surface area contributed by atoms with E-state index in [-0.39, 0.29) is 19.1 Å². The third-order valence-electron chi connectivity index (χ3n) is 3.28. The van der Waals surface area contributed by atoms with Gasteiger partial charge in [0.15, 0.2) is 0 Å². The number of amides is 1. The van der Waals surface area contributed by atoms with E-state index in [2.05, 4.69) is 5.32 Å². The van der Waals surface area contributed by atoms with E-state index in [9.17, 15) is 4.79 Å². The Kier molecular flexibility index (Phi) is 4.45. The zero-order valence-corrected chi connectivity index (χ0v) is 13.1. The summed E-state index contributed by atoms with van der Waals surface area (Å²) in [7, 11) is 0. The molecule has 0 aliphatic carbocycles. The summed E-state index contributed by atoms with van der Waals surface area (Å²) in [5.74, 6) is 0.477. The number of benzene rings is 2. The Hall–Kier alpha value is -2.57. The number of aliphatic hydroxyl groups excluding tert-OH is 1. The Morgan fingerprint density at radius 3 is 2.83 bits per heavy atom. The Morgan fingerprint density at radius 1 is 1.22 bits per heavy atom. The molecule has 3 rings (SSSR count). The summed E-state index contributed by atoms with van der Waals surface area (Å²) in [5, 5.41) is 12.5. The van der Waals surface area contributed by atoms with Gasteiger partial charge in [-0.25, -0.2) is 0 Å². The van der Waals surface area contributed by atoms with Gasteiger partial charge in [-0.3, -0.25) is 4.79 Å². The number of fused-ring (bicyclic) bond motifs is 1. The van der Waals surface area contributed by atoms with Crippen LogP contribution in [0.25, 0.3) is 10.1 Å². The summed E-state index contributed by atoms with van der Waals surface area (Å²) in [6, 6.07) is 14.5. The molecule has 1 aromatic heterocycles. The number of para-hydroxylation sites is 2. The van der Waals surface area contributed by atoms with Gasteiger partial charge in [0, 0.05) is 4.70 Å². The molecule has 23 heavy (non-hydrogen) atoms. The molecule has 0 atom stereocenters. The highest BCUT2D eigenvalue weighted by molar-refractivity contribution is 7.20. The molecule has 2 aromatic carbocycles. The second kappa shape index (κ2) is 6.68. The fourth-order valence-electron chi connectivity index (χ4n) is 2.18. The first-order chi connectivity index (χ1) is 11.2. The van der Waals surface area contributed by atoms with Gasteiger partial charge in [-0.15, -0.1) is 11.3 Å². The van der Waals surface area contributed by atoms with Crippen molar-refractivity contribution in [2.24, 2.45) is 0 Å². The van der Waals surface area contributed by atoms with E-state index in [1.54, 1.807) is 12.1 Å². The van der Waals surface area contributed by atoms with Gasteiger partial charge in [0.25, 0.3) is 5.91 Å². The molecule has 1 amide bonds. The average molecular weight is 328 g/mol. The van der Waals surface area contributed by atoms with E-state index < -0.39 is 0 Å². The summed E-state index contributed by atoms with van der Waals surface area (Å²) in [4.78, 5) is 13.0. The molecule has 3 aromatic rings. The van der Waals surface area contributed by atoms with Crippen molar-refractivity contribution in [2.45, 2.75) is 0 Å². The van der Waals surface area contributed by atoms with Crippen molar-refractivity contribution in [2.75, 3.05) is 24.3 Å². The second-order valence-corrected chi connectivity index (χ2v) is 6.01. The van der Waals surface area contributed by atoms with Gasteiger partial charge >= 0.3 is 0 Å². The van der Waals surface area contributed by atoms with Crippen molar-refractivity contribution in [1.29, 1.82) is 0 Å². The van der Waals surface area contributed by atoms with Crippen LogP contribution in [0.2, 0.25) is 0 Å². The number of carbonyl (C=O) groups excluding carboxylic acids is 1.